The van der Waals surface area contributed by atoms with Crippen LogP contribution in [0.25, 0.3) is 0 Å². The number of piperidine rings is 1. The molecule has 0 spiro atoms. The zero-order chi connectivity index (χ0) is 9.82. The van der Waals surface area contributed by atoms with Crippen LogP contribution in [0.5, 0.6) is 0 Å². The summed E-state index contributed by atoms with van der Waals surface area (Å²) >= 11 is 0. The normalized spacial score (nSPS) is 16.4. The first-order chi connectivity index (χ1) is 5.81. The molecule has 1 heterocycles. The van der Waals surface area contributed by atoms with Crippen molar-refractivity contribution in [1.82, 2.24) is 4.90 Å². The highest BCUT2D eigenvalue weighted by Crippen LogP contribution is 2.04. The van der Waals surface area contributed by atoms with Crippen LogP contribution in [-0.2, 0) is 0 Å². The molecule has 2 heteroatoms. The highest BCUT2D eigenvalue weighted by atomic mass is 16.2. The van der Waals surface area contributed by atoms with E-state index in [0.29, 0.717) is 0 Å². The van der Waals surface area contributed by atoms with Crippen LogP contribution in [0.3, 0.4) is 0 Å². The second-order valence-corrected chi connectivity index (χ2v) is 2.68. The summed E-state index contributed by atoms with van der Waals surface area (Å²) in [5.74, 6) is 0. The molecular formula is C10H21NO. The molecule has 1 N–H and O–H groups in total. The van der Waals surface area contributed by atoms with Gasteiger partial charge in [0, 0.05) is 6.61 Å². The Balaban J connectivity index is 0. The lowest BCUT2D eigenvalue weighted by molar-refractivity contribution is 0.277. The number of hydrogen-bond acceptors (Lipinski definition) is 2. The Morgan fingerprint density at radius 2 is 1.50 bits per heavy atom. The zero-order valence-electron chi connectivity index (χ0n) is 8.29. The van der Waals surface area contributed by atoms with E-state index in [1.165, 1.54) is 32.4 Å². The van der Waals surface area contributed by atoms with Crippen molar-refractivity contribution in [2.45, 2.75) is 26.2 Å². The molecule has 0 unspecified atom stereocenters. The van der Waals surface area contributed by atoms with Gasteiger partial charge in [-0.05, 0) is 39.9 Å². The Morgan fingerprint density at radius 3 is 1.67 bits per heavy atom. The molecule has 1 rings (SSSR count). The number of hydrogen-bond donors (Lipinski definition) is 1. The van der Waals surface area contributed by atoms with Gasteiger partial charge in [0.25, 0.3) is 0 Å². The van der Waals surface area contributed by atoms with Crippen LogP contribution in [0, 0.1) is 12.8 Å². The molecule has 0 aromatic rings. The minimum absolute atomic E-state index is 0.250. The van der Waals surface area contributed by atoms with E-state index in [1.807, 2.05) is 0 Å². The summed E-state index contributed by atoms with van der Waals surface area (Å²) in [6.07, 6.45) is 12.3. The summed E-state index contributed by atoms with van der Waals surface area (Å²) < 4.78 is 0. The minimum Gasteiger partial charge on any atom is -0.397 e. The molecule has 12 heavy (non-hydrogen) atoms. The van der Waals surface area contributed by atoms with E-state index >= 15 is 0 Å². The fourth-order valence-electron chi connectivity index (χ4n) is 1.05. The second-order valence-electron chi connectivity index (χ2n) is 2.68. The highest BCUT2D eigenvalue weighted by Gasteiger charge is 2.02. The fourth-order valence-corrected chi connectivity index (χ4v) is 1.05. The second kappa shape index (κ2) is 13.1. The first-order valence-corrected chi connectivity index (χ1v) is 4.44. The monoisotopic (exact) mass is 171 g/mol. The van der Waals surface area contributed by atoms with Gasteiger partial charge in [-0.1, -0.05) is 6.42 Å². The largest absolute Gasteiger partial charge is 0.397 e. The molecule has 0 saturated carbocycles. The molecule has 0 bridgehead atoms. The lowest BCUT2D eigenvalue weighted by atomic mass is 10.1. The van der Waals surface area contributed by atoms with Crippen molar-refractivity contribution in [2.24, 2.45) is 0 Å². The van der Waals surface area contributed by atoms with Crippen LogP contribution < -0.4 is 0 Å². The Morgan fingerprint density at radius 1 is 1.17 bits per heavy atom. The van der Waals surface area contributed by atoms with E-state index in [1.54, 1.807) is 6.92 Å². The average molecular weight is 171 g/mol. The summed E-state index contributed by atoms with van der Waals surface area (Å²) in [5, 5.41) is 7.57. The van der Waals surface area contributed by atoms with Crippen LogP contribution in [0.2, 0.25) is 0 Å². The van der Waals surface area contributed by atoms with Gasteiger partial charge < -0.3 is 10.0 Å². The molecule has 0 amide bonds. The van der Waals surface area contributed by atoms with Crippen molar-refractivity contribution in [1.29, 1.82) is 0 Å². The molecule has 0 aromatic carbocycles. The predicted octanol–water partition coefficient (Wildman–Crippen LogP) is 1.35. The summed E-state index contributed by atoms with van der Waals surface area (Å²) in [6.45, 7) is 4.57. The van der Waals surface area contributed by atoms with Crippen molar-refractivity contribution >= 4 is 0 Å². The summed E-state index contributed by atoms with van der Waals surface area (Å²) in [7, 11) is 2.19. The number of aliphatic hydroxyl groups is 1. The Hall–Kier alpha value is -0.520. The maximum atomic E-state index is 7.57. The molecule has 1 aliphatic rings. The van der Waals surface area contributed by atoms with E-state index in [2.05, 4.69) is 24.8 Å². The molecule has 0 aromatic heterocycles. The molecule has 0 radical (unpaired) electrons. The van der Waals surface area contributed by atoms with Gasteiger partial charge in [-0.2, -0.15) is 0 Å². The molecule has 1 aliphatic heterocycles. The number of nitrogens with zero attached hydrogens (tertiary/aromatic N) is 1. The molecule has 0 atom stereocenters. The molecule has 2 nitrogen and oxygen atoms in total. The quantitative estimate of drug-likeness (QED) is 0.556. The van der Waals surface area contributed by atoms with Gasteiger partial charge in [-0.3, -0.25) is 0 Å². The third kappa shape index (κ3) is 12.2. The maximum absolute atomic E-state index is 7.57. The molecular weight excluding hydrogens is 150 g/mol. The standard InChI is InChI=1S/C6H13N.C2H6O.C2H2/c1-7-5-3-2-4-6-7;1-2-3;1-2/h2-6H2,1H3;3H,2H2,1H3;1-2H. The summed E-state index contributed by atoms with van der Waals surface area (Å²) in [6, 6.07) is 0. The first-order valence-electron chi connectivity index (χ1n) is 4.44. The van der Waals surface area contributed by atoms with Crippen molar-refractivity contribution < 1.29 is 5.11 Å². The van der Waals surface area contributed by atoms with E-state index in [4.69, 9.17) is 5.11 Å². The third-order valence-electron chi connectivity index (χ3n) is 1.58. The number of rotatable bonds is 0. The maximum Gasteiger partial charge on any atom is 0.0402 e. The van der Waals surface area contributed by atoms with Crippen LogP contribution in [0.1, 0.15) is 26.2 Å². The van der Waals surface area contributed by atoms with Gasteiger partial charge in [-0.15, -0.1) is 12.8 Å². The van der Waals surface area contributed by atoms with Crippen molar-refractivity contribution in [3.05, 3.63) is 0 Å². The molecule has 0 aliphatic carbocycles. The Labute approximate surface area is 76.6 Å². The number of likely N-dealkylation sites (tertiary alicyclic amines) is 1. The van der Waals surface area contributed by atoms with Gasteiger partial charge in [0.1, 0.15) is 0 Å². The molecule has 1 saturated heterocycles. The SMILES string of the molecule is C#C.CCO.CN1CCCCC1. The van der Waals surface area contributed by atoms with E-state index < -0.39 is 0 Å². The van der Waals surface area contributed by atoms with Crippen LogP contribution >= 0.6 is 0 Å². The van der Waals surface area contributed by atoms with Crippen LogP contribution in [0.15, 0.2) is 0 Å². The first kappa shape index (κ1) is 14.0. The lowest BCUT2D eigenvalue weighted by Gasteiger charge is -2.20. The van der Waals surface area contributed by atoms with Crippen LogP contribution in [0.4, 0.5) is 0 Å². The van der Waals surface area contributed by atoms with E-state index in [-0.39, 0.29) is 6.61 Å². The average Bonchev–Trinajstić information content (AvgIpc) is 2.11. The van der Waals surface area contributed by atoms with E-state index in [0.717, 1.165) is 0 Å². The summed E-state index contributed by atoms with van der Waals surface area (Å²) in [5.41, 5.74) is 0. The Bertz CT molecular complexity index is 85.1. The minimum atomic E-state index is 0.250. The topological polar surface area (TPSA) is 23.5 Å². The zero-order valence-corrected chi connectivity index (χ0v) is 8.29. The third-order valence-corrected chi connectivity index (χ3v) is 1.58. The molecule has 72 valence electrons. The van der Waals surface area contributed by atoms with Gasteiger partial charge in [0.2, 0.25) is 0 Å². The van der Waals surface area contributed by atoms with Gasteiger partial charge in [0.15, 0.2) is 0 Å². The van der Waals surface area contributed by atoms with Crippen molar-refractivity contribution in [3.63, 3.8) is 0 Å². The predicted molar refractivity (Wildman–Crippen MR) is 54.0 cm³/mol. The van der Waals surface area contributed by atoms with Gasteiger partial charge in [-0.25, -0.2) is 0 Å². The number of aliphatic hydroxyl groups excluding tert-OH is 1. The molecule has 1 fully saturated rings. The Kier molecular flexibility index (Phi) is 15.3. The number of terminal acetylenes is 1. The van der Waals surface area contributed by atoms with Gasteiger partial charge in [0.05, 0.1) is 0 Å². The van der Waals surface area contributed by atoms with Crippen molar-refractivity contribution in [3.8, 4) is 12.8 Å². The van der Waals surface area contributed by atoms with Crippen molar-refractivity contribution in [2.75, 3.05) is 26.7 Å². The highest BCUT2D eigenvalue weighted by molar-refractivity contribution is 4.58. The van der Waals surface area contributed by atoms with Crippen LogP contribution in [-0.4, -0.2) is 36.8 Å². The summed E-state index contributed by atoms with van der Waals surface area (Å²) in [4.78, 5) is 2.39. The van der Waals surface area contributed by atoms with E-state index in [9.17, 15) is 0 Å². The smallest absolute Gasteiger partial charge is 0.0402 e. The fraction of sp³-hybridized carbons (Fsp3) is 0.800. The lowest BCUT2D eigenvalue weighted by Crippen LogP contribution is -2.24. The van der Waals surface area contributed by atoms with Gasteiger partial charge >= 0.3 is 0 Å².